The molecule has 112 valence electrons. The van der Waals surface area contributed by atoms with Crippen LogP contribution in [0.25, 0.3) is 10.9 Å². The van der Waals surface area contributed by atoms with Gasteiger partial charge in [0.05, 0.1) is 4.88 Å². The molecule has 2 nitrogen and oxygen atoms in total. The first-order chi connectivity index (χ1) is 11.3. The van der Waals surface area contributed by atoms with E-state index in [0.29, 0.717) is 0 Å². The largest absolute Gasteiger partial charge is 0.342 e. The van der Waals surface area contributed by atoms with Crippen molar-refractivity contribution in [2.75, 3.05) is 0 Å². The molecule has 0 amide bonds. The number of carbonyl (C=O) groups is 1. The van der Waals surface area contributed by atoms with Gasteiger partial charge in [0.1, 0.15) is 0 Å². The fraction of sp³-hybridized carbons (Fsp3) is 0.0500. The Balaban J connectivity index is 1.82. The van der Waals surface area contributed by atoms with E-state index in [1.54, 1.807) is 0 Å². The van der Waals surface area contributed by atoms with Gasteiger partial charge in [-0.15, -0.1) is 11.3 Å². The smallest absolute Gasteiger partial charge is 0.205 e. The van der Waals surface area contributed by atoms with Gasteiger partial charge in [-0.05, 0) is 23.1 Å². The van der Waals surface area contributed by atoms with Gasteiger partial charge in [0, 0.05) is 29.2 Å². The number of nitrogens with zero attached hydrogens (tertiary/aromatic N) is 1. The minimum absolute atomic E-state index is 0.100. The van der Waals surface area contributed by atoms with E-state index < -0.39 is 0 Å². The van der Waals surface area contributed by atoms with E-state index in [2.05, 4.69) is 22.8 Å². The van der Waals surface area contributed by atoms with Crippen LogP contribution in [0.1, 0.15) is 20.8 Å². The zero-order valence-electron chi connectivity index (χ0n) is 12.5. The number of para-hydroxylation sites is 1. The molecule has 0 saturated carbocycles. The topological polar surface area (TPSA) is 22.0 Å². The molecule has 0 aliphatic rings. The highest BCUT2D eigenvalue weighted by Gasteiger charge is 2.17. The fourth-order valence-electron chi connectivity index (χ4n) is 2.88. The van der Waals surface area contributed by atoms with Crippen LogP contribution in [0, 0.1) is 0 Å². The molecule has 0 fully saturated rings. The van der Waals surface area contributed by atoms with Gasteiger partial charge in [-0.3, -0.25) is 4.79 Å². The van der Waals surface area contributed by atoms with Crippen molar-refractivity contribution in [1.29, 1.82) is 0 Å². The normalized spacial score (nSPS) is 11.0. The Morgan fingerprint density at radius 1 is 0.913 bits per heavy atom. The summed E-state index contributed by atoms with van der Waals surface area (Å²) >= 11 is 1.49. The average molecular weight is 317 g/mol. The monoisotopic (exact) mass is 317 g/mol. The van der Waals surface area contributed by atoms with Crippen LogP contribution in [-0.2, 0) is 6.54 Å². The van der Waals surface area contributed by atoms with Crippen molar-refractivity contribution in [1.82, 2.24) is 4.57 Å². The number of rotatable bonds is 4. The predicted molar refractivity (Wildman–Crippen MR) is 95.2 cm³/mol. The van der Waals surface area contributed by atoms with Crippen molar-refractivity contribution in [2.24, 2.45) is 0 Å². The molecule has 23 heavy (non-hydrogen) atoms. The van der Waals surface area contributed by atoms with E-state index in [1.165, 1.54) is 16.9 Å². The number of hydrogen-bond acceptors (Lipinski definition) is 2. The highest BCUT2D eigenvalue weighted by atomic mass is 32.1. The molecule has 4 aromatic rings. The van der Waals surface area contributed by atoms with E-state index in [0.717, 1.165) is 27.9 Å². The van der Waals surface area contributed by atoms with Crippen LogP contribution in [0.2, 0.25) is 0 Å². The zero-order valence-corrected chi connectivity index (χ0v) is 13.3. The molecule has 0 bridgehead atoms. The zero-order chi connectivity index (χ0) is 15.6. The van der Waals surface area contributed by atoms with Crippen LogP contribution in [0.4, 0.5) is 0 Å². The Hall–Kier alpha value is -2.65. The molecule has 0 aliphatic heterocycles. The first kappa shape index (κ1) is 14.0. The standard InChI is InChI=1S/C20H15NOS/c22-20(19-11-6-12-23-19)17-14-21(13-15-7-2-1-3-8-15)18-10-5-4-9-16(17)18/h1-12,14H,13H2. The summed E-state index contributed by atoms with van der Waals surface area (Å²) < 4.78 is 2.16. The molecule has 0 saturated heterocycles. The van der Waals surface area contributed by atoms with E-state index in [-0.39, 0.29) is 5.78 Å². The molecule has 0 unspecified atom stereocenters. The quantitative estimate of drug-likeness (QED) is 0.486. The number of benzene rings is 2. The minimum atomic E-state index is 0.100. The van der Waals surface area contributed by atoms with Crippen LogP contribution >= 0.6 is 11.3 Å². The predicted octanol–water partition coefficient (Wildman–Crippen LogP) is 4.98. The van der Waals surface area contributed by atoms with Crippen LogP contribution in [0.3, 0.4) is 0 Å². The number of fused-ring (bicyclic) bond motifs is 1. The Bertz CT molecular complexity index is 952. The van der Waals surface area contributed by atoms with Gasteiger partial charge in [0.25, 0.3) is 0 Å². The summed E-state index contributed by atoms with van der Waals surface area (Å²) in [6, 6.07) is 22.2. The molecule has 3 heteroatoms. The van der Waals surface area contributed by atoms with Crippen molar-refractivity contribution in [3.05, 3.63) is 94.3 Å². The van der Waals surface area contributed by atoms with Crippen molar-refractivity contribution < 1.29 is 4.79 Å². The maximum Gasteiger partial charge on any atom is 0.205 e. The van der Waals surface area contributed by atoms with E-state index in [1.807, 2.05) is 60.1 Å². The van der Waals surface area contributed by atoms with Gasteiger partial charge in [-0.1, -0.05) is 54.6 Å². The van der Waals surface area contributed by atoms with Gasteiger partial charge in [-0.25, -0.2) is 0 Å². The Morgan fingerprint density at radius 2 is 1.70 bits per heavy atom. The Kier molecular flexibility index (Phi) is 3.56. The maximum absolute atomic E-state index is 12.8. The summed E-state index contributed by atoms with van der Waals surface area (Å²) in [5.41, 5.74) is 3.10. The average Bonchev–Trinajstić information content (AvgIpc) is 3.24. The van der Waals surface area contributed by atoms with Crippen LogP contribution < -0.4 is 0 Å². The summed E-state index contributed by atoms with van der Waals surface area (Å²) in [4.78, 5) is 13.6. The molecular formula is C20H15NOS. The lowest BCUT2D eigenvalue weighted by Gasteiger charge is -2.05. The number of hydrogen-bond donors (Lipinski definition) is 0. The van der Waals surface area contributed by atoms with Gasteiger partial charge in [0.15, 0.2) is 0 Å². The molecule has 0 atom stereocenters. The lowest BCUT2D eigenvalue weighted by molar-refractivity contribution is 0.104. The summed E-state index contributed by atoms with van der Waals surface area (Å²) in [5, 5.41) is 2.96. The summed E-state index contributed by atoms with van der Waals surface area (Å²) in [6.45, 7) is 0.763. The second-order valence-electron chi connectivity index (χ2n) is 5.48. The van der Waals surface area contributed by atoms with E-state index >= 15 is 0 Å². The Labute approximate surface area is 138 Å². The first-order valence-electron chi connectivity index (χ1n) is 7.53. The van der Waals surface area contributed by atoms with Gasteiger partial charge >= 0.3 is 0 Å². The molecule has 0 spiro atoms. The SMILES string of the molecule is O=C(c1cccs1)c1cn(Cc2ccccc2)c2ccccc12. The molecule has 2 heterocycles. The minimum Gasteiger partial charge on any atom is -0.342 e. The second-order valence-corrected chi connectivity index (χ2v) is 6.43. The lowest BCUT2D eigenvalue weighted by Crippen LogP contribution is -1.99. The lowest BCUT2D eigenvalue weighted by atomic mass is 10.1. The number of aromatic nitrogens is 1. The molecule has 0 aliphatic carbocycles. The molecular weight excluding hydrogens is 302 g/mol. The maximum atomic E-state index is 12.8. The third-order valence-corrected chi connectivity index (χ3v) is 4.84. The summed E-state index contributed by atoms with van der Waals surface area (Å²) in [7, 11) is 0. The summed E-state index contributed by atoms with van der Waals surface area (Å²) in [5.74, 6) is 0.100. The van der Waals surface area contributed by atoms with Crippen molar-refractivity contribution in [2.45, 2.75) is 6.54 Å². The van der Waals surface area contributed by atoms with Gasteiger partial charge in [0.2, 0.25) is 5.78 Å². The fourth-order valence-corrected chi connectivity index (χ4v) is 3.56. The number of thiophene rings is 1. The third-order valence-electron chi connectivity index (χ3n) is 3.97. The van der Waals surface area contributed by atoms with Crippen LogP contribution in [0.15, 0.2) is 78.3 Å². The van der Waals surface area contributed by atoms with Crippen LogP contribution in [0.5, 0.6) is 0 Å². The van der Waals surface area contributed by atoms with E-state index in [4.69, 9.17) is 0 Å². The Morgan fingerprint density at radius 3 is 2.48 bits per heavy atom. The van der Waals surface area contributed by atoms with Crippen molar-refractivity contribution in [3.8, 4) is 0 Å². The first-order valence-corrected chi connectivity index (χ1v) is 8.41. The molecule has 4 rings (SSSR count). The van der Waals surface area contributed by atoms with E-state index in [9.17, 15) is 4.79 Å². The highest BCUT2D eigenvalue weighted by Crippen LogP contribution is 2.26. The van der Waals surface area contributed by atoms with Crippen molar-refractivity contribution in [3.63, 3.8) is 0 Å². The molecule has 2 aromatic heterocycles. The highest BCUT2D eigenvalue weighted by molar-refractivity contribution is 7.12. The van der Waals surface area contributed by atoms with Gasteiger partial charge < -0.3 is 4.57 Å². The second kappa shape index (κ2) is 5.86. The third kappa shape index (κ3) is 2.60. The molecule has 2 aromatic carbocycles. The van der Waals surface area contributed by atoms with Crippen LogP contribution in [-0.4, -0.2) is 10.4 Å². The summed E-state index contributed by atoms with van der Waals surface area (Å²) in [6.07, 6.45) is 1.99. The van der Waals surface area contributed by atoms with Crippen molar-refractivity contribution >= 4 is 28.0 Å². The van der Waals surface area contributed by atoms with Gasteiger partial charge in [-0.2, -0.15) is 0 Å². The number of ketones is 1. The number of carbonyl (C=O) groups excluding carboxylic acids is 1. The molecule has 0 radical (unpaired) electrons. The molecule has 0 N–H and O–H groups in total.